The Labute approximate surface area is 131 Å². The number of aryl methyl sites for hydroxylation is 1. The monoisotopic (exact) mass is 295 g/mol. The molecular weight excluding hydrogens is 274 g/mol. The van der Waals surface area contributed by atoms with Gasteiger partial charge in [-0.15, -0.1) is 0 Å². The van der Waals surface area contributed by atoms with Crippen LogP contribution in [-0.4, -0.2) is 20.1 Å². The molecule has 0 unspecified atom stereocenters. The lowest BCUT2D eigenvalue weighted by atomic mass is 10.1. The Morgan fingerprint density at radius 1 is 1.05 bits per heavy atom. The van der Waals surface area contributed by atoms with E-state index in [0.29, 0.717) is 0 Å². The molecule has 22 heavy (non-hydrogen) atoms. The zero-order valence-electron chi connectivity index (χ0n) is 13.1. The van der Waals surface area contributed by atoms with Crippen molar-refractivity contribution in [2.45, 2.75) is 6.92 Å². The number of anilines is 2. The van der Waals surface area contributed by atoms with E-state index in [4.69, 9.17) is 0 Å². The Hall–Kier alpha value is -2.75. The van der Waals surface area contributed by atoms with Crippen molar-refractivity contribution in [2.24, 2.45) is 0 Å². The van der Waals surface area contributed by atoms with Crippen LogP contribution in [0.25, 0.3) is 6.08 Å². The minimum absolute atomic E-state index is 0.262. The average molecular weight is 295 g/mol. The molecule has 4 heteroatoms. The molecule has 0 heterocycles. The van der Waals surface area contributed by atoms with E-state index in [0.717, 1.165) is 16.9 Å². The first-order valence-corrected chi connectivity index (χ1v) is 7.13. The second-order valence-electron chi connectivity index (χ2n) is 5.23. The molecule has 2 rings (SSSR count). The summed E-state index contributed by atoms with van der Waals surface area (Å²) in [5.41, 5.74) is 4.09. The van der Waals surface area contributed by atoms with Crippen molar-refractivity contribution in [1.82, 2.24) is 5.32 Å². The molecular formula is C18H21N3O. The summed E-state index contributed by atoms with van der Waals surface area (Å²) in [6, 6.07) is 15.4. The number of carbonyl (C=O) groups is 1. The van der Waals surface area contributed by atoms with Crippen LogP contribution in [0.4, 0.5) is 16.2 Å². The molecule has 2 aromatic carbocycles. The lowest BCUT2D eigenvalue weighted by Gasteiger charge is -2.12. The van der Waals surface area contributed by atoms with Crippen LogP contribution in [-0.2, 0) is 0 Å². The molecule has 2 aromatic rings. The molecule has 0 aliphatic carbocycles. The van der Waals surface area contributed by atoms with Crippen molar-refractivity contribution in [3.8, 4) is 0 Å². The normalized spacial score (nSPS) is 10.5. The summed E-state index contributed by atoms with van der Waals surface area (Å²) in [6.07, 6.45) is 3.52. The number of hydrogen-bond donors (Lipinski definition) is 2. The van der Waals surface area contributed by atoms with E-state index < -0.39 is 0 Å². The Bertz CT molecular complexity index is 660. The van der Waals surface area contributed by atoms with E-state index in [1.165, 1.54) is 5.56 Å². The van der Waals surface area contributed by atoms with Gasteiger partial charge in [0.1, 0.15) is 0 Å². The van der Waals surface area contributed by atoms with Crippen molar-refractivity contribution < 1.29 is 4.79 Å². The van der Waals surface area contributed by atoms with Gasteiger partial charge in [0.15, 0.2) is 0 Å². The molecule has 0 aliphatic heterocycles. The first-order chi connectivity index (χ1) is 10.6. The van der Waals surface area contributed by atoms with Crippen LogP contribution >= 0.6 is 0 Å². The van der Waals surface area contributed by atoms with E-state index in [-0.39, 0.29) is 6.03 Å². The number of rotatable bonds is 4. The van der Waals surface area contributed by atoms with Gasteiger partial charge in [-0.05, 0) is 48.4 Å². The van der Waals surface area contributed by atoms with Crippen LogP contribution in [0.15, 0.2) is 54.7 Å². The fourth-order valence-corrected chi connectivity index (χ4v) is 1.99. The van der Waals surface area contributed by atoms with E-state index in [9.17, 15) is 4.79 Å². The van der Waals surface area contributed by atoms with Crippen molar-refractivity contribution in [2.75, 3.05) is 24.3 Å². The number of hydrogen-bond acceptors (Lipinski definition) is 2. The lowest BCUT2D eigenvalue weighted by Crippen LogP contribution is -2.23. The zero-order chi connectivity index (χ0) is 15.9. The maximum Gasteiger partial charge on any atom is 0.323 e. The minimum atomic E-state index is -0.262. The van der Waals surface area contributed by atoms with Gasteiger partial charge < -0.3 is 15.5 Å². The Balaban J connectivity index is 1.89. The van der Waals surface area contributed by atoms with E-state index >= 15 is 0 Å². The molecule has 0 aromatic heterocycles. The second-order valence-corrected chi connectivity index (χ2v) is 5.23. The lowest BCUT2D eigenvalue weighted by molar-refractivity contribution is 0.255. The standard InChI is InChI=1S/C18H21N3O/c1-14-6-4-5-7-15(14)12-13-19-18(22)20-16-8-10-17(11-9-16)21(2)3/h4-13H,1-3H3,(H2,19,20,22)/b13-12+. The van der Waals surface area contributed by atoms with Crippen molar-refractivity contribution in [1.29, 1.82) is 0 Å². The van der Waals surface area contributed by atoms with Crippen LogP contribution in [0.5, 0.6) is 0 Å². The highest BCUT2D eigenvalue weighted by atomic mass is 16.2. The topological polar surface area (TPSA) is 44.4 Å². The van der Waals surface area contributed by atoms with Crippen LogP contribution in [0.3, 0.4) is 0 Å². The molecule has 0 radical (unpaired) electrons. The fourth-order valence-electron chi connectivity index (χ4n) is 1.99. The van der Waals surface area contributed by atoms with Gasteiger partial charge in [0.25, 0.3) is 0 Å². The highest BCUT2D eigenvalue weighted by Crippen LogP contribution is 2.15. The summed E-state index contributed by atoms with van der Waals surface area (Å²) < 4.78 is 0. The number of benzene rings is 2. The molecule has 114 valence electrons. The van der Waals surface area contributed by atoms with Gasteiger partial charge >= 0.3 is 6.03 Å². The molecule has 2 amide bonds. The van der Waals surface area contributed by atoms with Crippen LogP contribution in [0.1, 0.15) is 11.1 Å². The smallest absolute Gasteiger partial charge is 0.323 e. The fraction of sp³-hybridized carbons (Fsp3) is 0.167. The number of carbonyl (C=O) groups excluding carboxylic acids is 1. The van der Waals surface area contributed by atoms with Crippen molar-refractivity contribution in [3.05, 3.63) is 65.9 Å². The van der Waals surface area contributed by atoms with Gasteiger partial charge in [0, 0.05) is 31.7 Å². The first-order valence-electron chi connectivity index (χ1n) is 7.13. The quantitative estimate of drug-likeness (QED) is 0.899. The predicted molar refractivity (Wildman–Crippen MR) is 93.1 cm³/mol. The summed E-state index contributed by atoms with van der Waals surface area (Å²) in [7, 11) is 3.96. The number of nitrogens with zero attached hydrogens (tertiary/aromatic N) is 1. The van der Waals surface area contributed by atoms with Crippen molar-refractivity contribution in [3.63, 3.8) is 0 Å². The molecule has 0 saturated carbocycles. The van der Waals surface area contributed by atoms with Gasteiger partial charge in [-0.1, -0.05) is 24.3 Å². The third-order valence-corrected chi connectivity index (χ3v) is 3.31. The molecule has 2 N–H and O–H groups in total. The van der Waals surface area contributed by atoms with E-state index in [2.05, 4.69) is 10.6 Å². The number of amides is 2. The van der Waals surface area contributed by atoms with Gasteiger partial charge in [-0.25, -0.2) is 4.79 Å². The first kappa shape index (κ1) is 15.6. The predicted octanol–water partition coefficient (Wildman–Crippen LogP) is 3.85. The third kappa shape index (κ3) is 4.38. The van der Waals surface area contributed by atoms with Crippen LogP contribution < -0.4 is 15.5 Å². The largest absolute Gasteiger partial charge is 0.378 e. The van der Waals surface area contributed by atoms with Gasteiger partial charge in [-0.2, -0.15) is 0 Å². The summed E-state index contributed by atoms with van der Waals surface area (Å²) in [5, 5.41) is 5.49. The summed E-state index contributed by atoms with van der Waals surface area (Å²) in [6.45, 7) is 2.03. The van der Waals surface area contributed by atoms with Gasteiger partial charge in [0.05, 0.1) is 0 Å². The summed E-state index contributed by atoms with van der Waals surface area (Å²) >= 11 is 0. The summed E-state index contributed by atoms with van der Waals surface area (Å²) in [4.78, 5) is 13.8. The molecule has 4 nitrogen and oxygen atoms in total. The average Bonchev–Trinajstić information content (AvgIpc) is 2.50. The molecule has 0 spiro atoms. The molecule has 0 aliphatic rings. The highest BCUT2D eigenvalue weighted by Gasteiger charge is 2.00. The molecule has 0 bridgehead atoms. The van der Waals surface area contributed by atoms with Crippen molar-refractivity contribution >= 4 is 23.5 Å². The molecule has 0 fully saturated rings. The van der Waals surface area contributed by atoms with E-state index in [1.54, 1.807) is 6.20 Å². The van der Waals surface area contributed by atoms with Crippen LogP contribution in [0.2, 0.25) is 0 Å². The Kier molecular flexibility index (Phi) is 5.20. The highest BCUT2D eigenvalue weighted by molar-refractivity contribution is 5.90. The van der Waals surface area contributed by atoms with E-state index in [1.807, 2.05) is 80.5 Å². The van der Waals surface area contributed by atoms with Crippen LogP contribution in [0, 0.1) is 6.92 Å². The maximum absolute atomic E-state index is 11.8. The molecule has 0 saturated heterocycles. The van der Waals surface area contributed by atoms with Gasteiger partial charge in [0.2, 0.25) is 0 Å². The SMILES string of the molecule is Cc1ccccc1/C=C/NC(=O)Nc1ccc(N(C)C)cc1. The number of nitrogens with one attached hydrogen (secondary N) is 2. The maximum atomic E-state index is 11.8. The molecule has 0 atom stereocenters. The third-order valence-electron chi connectivity index (χ3n) is 3.31. The number of urea groups is 1. The Morgan fingerprint density at radius 3 is 2.36 bits per heavy atom. The Morgan fingerprint density at radius 2 is 1.73 bits per heavy atom. The second kappa shape index (κ2) is 7.31. The minimum Gasteiger partial charge on any atom is -0.378 e. The summed E-state index contributed by atoms with van der Waals surface area (Å²) in [5.74, 6) is 0. The zero-order valence-corrected chi connectivity index (χ0v) is 13.1. The van der Waals surface area contributed by atoms with Gasteiger partial charge in [-0.3, -0.25) is 0 Å².